The van der Waals surface area contributed by atoms with Gasteiger partial charge in [0.15, 0.2) is 0 Å². The highest BCUT2D eigenvalue weighted by atomic mass is 32.2. The van der Waals surface area contributed by atoms with Gasteiger partial charge in [-0.05, 0) is 39.0 Å². The molecule has 0 aromatic carbocycles. The van der Waals surface area contributed by atoms with E-state index < -0.39 is 0 Å². The molecule has 2 rings (SSSR count). The van der Waals surface area contributed by atoms with E-state index in [0.717, 1.165) is 17.8 Å². The highest BCUT2D eigenvalue weighted by Gasteiger charge is 2.27. The minimum Gasteiger partial charge on any atom is -0.298 e. The van der Waals surface area contributed by atoms with Gasteiger partial charge in [-0.25, -0.2) is 4.98 Å². The summed E-state index contributed by atoms with van der Waals surface area (Å²) in [5.74, 6) is 1.26. The smallest absolute Gasteiger partial charge is 0.0897 e. The Labute approximate surface area is 113 Å². The normalized spacial score (nSPS) is 24.7. The molecule has 17 heavy (non-hydrogen) atoms. The lowest BCUT2D eigenvalue weighted by Gasteiger charge is -2.23. The maximum atomic E-state index is 4.55. The second kappa shape index (κ2) is 6.21. The first-order chi connectivity index (χ1) is 8.19. The first kappa shape index (κ1) is 13.4. The summed E-state index contributed by atoms with van der Waals surface area (Å²) in [4.78, 5) is 7.04. The quantitative estimate of drug-likeness (QED) is 0.814. The van der Waals surface area contributed by atoms with Crippen molar-refractivity contribution >= 4 is 23.1 Å². The number of rotatable bonds is 5. The van der Waals surface area contributed by atoms with Crippen molar-refractivity contribution in [2.24, 2.45) is 0 Å². The van der Waals surface area contributed by atoms with E-state index in [1.54, 1.807) is 11.3 Å². The van der Waals surface area contributed by atoms with Gasteiger partial charge in [0.05, 0.1) is 10.7 Å². The molecular weight excluding hydrogens is 248 g/mol. The number of hydrogen-bond donors (Lipinski definition) is 0. The van der Waals surface area contributed by atoms with Crippen LogP contribution in [-0.4, -0.2) is 34.0 Å². The van der Waals surface area contributed by atoms with Crippen molar-refractivity contribution in [3.63, 3.8) is 0 Å². The van der Waals surface area contributed by atoms with Gasteiger partial charge in [-0.2, -0.15) is 11.8 Å². The lowest BCUT2D eigenvalue weighted by atomic mass is 10.2. The lowest BCUT2D eigenvalue weighted by Crippen LogP contribution is -2.29. The van der Waals surface area contributed by atoms with Crippen LogP contribution in [0.4, 0.5) is 0 Å². The summed E-state index contributed by atoms with van der Waals surface area (Å²) in [5.41, 5.74) is 1.24. The molecule has 1 aromatic rings. The number of aromatic nitrogens is 1. The predicted molar refractivity (Wildman–Crippen MR) is 77.9 cm³/mol. The Morgan fingerprint density at radius 2 is 2.35 bits per heavy atom. The molecular formula is C13H22N2S2. The Morgan fingerprint density at radius 3 is 3.00 bits per heavy atom. The molecule has 0 spiro atoms. The van der Waals surface area contributed by atoms with Gasteiger partial charge in [-0.1, -0.05) is 6.92 Å². The minimum absolute atomic E-state index is 0.765. The lowest BCUT2D eigenvalue weighted by molar-refractivity contribution is 0.235. The van der Waals surface area contributed by atoms with Crippen LogP contribution in [0.25, 0.3) is 0 Å². The fraction of sp³-hybridized carbons (Fsp3) is 0.769. The van der Waals surface area contributed by atoms with Crippen molar-refractivity contribution in [2.45, 2.75) is 50.9 Å². The number of thioether (sulfide) groups is 1. The Kier molecular flexibility index (Phi) is 4.88. The molecule has 4 heteroatoms. The first-order valence-electron chi connectivity index (χ1n) is 6.42. The average Bonchev–Trinajstić information content (AvgIpc) is 2.88. The van der Waals surface area contributed by atoms with E-state index in [0.29, 0.717) is 0 Å². The van der Waals surface area contributed by atoms with E-state index in [1.165, 1.54) is 35.7 Å². The van der Waals surface area contributed by atoms with E-state index in [4.69, 9.17) is 0 Å². The molecule has 0 N–H and O–H groups in total. The number of nitrogens with zero attached hydrogens (tertiary/aromatic N) is 2. The summed E-state index contributed by atoms with van der Waals surface area (Å²) in [6, 6.07) is 0.765. The average molecular weight is 270 g/mol. The zero-order valence-corrected chi connectivity index (χ0v) is 12.6. The van der Waals surface area contributed by atoms with Gasteiger partial charge in [0.2, 0.25) is 0 Å². The third-order valence-electron chi connectivity index (χ3n) is 3.46. The number of hydrogen-bond acceptors (Lipinski definition) is 4. The standard InChI is InChI=1S/C13H22N2S2/c1-4-16-13-6-5-12(7-13)15(3)8-11-9-17-10(2)14-11/h9,12-13H,4-8H2,1-3H3/t12-,13+/m1/s1. The molecule has 0 amide bonds. The SMILES string of the molecule is CCS[C@H]1CC[C@@H](N(C)Cc2csc(C)n2)C1. The maximum Gasteiger partial charge on any atom is 0.0897 e. The molecule has 0 bridgehead atoms. The molecule has 1 aliphatic rings. The van der Waals surface area contributed by atoms with Crippen molar-refractivity contribution in [1.82, 2.24) is 9.88 Å². The third kappa shape index (κ3) is 3.70. The topological polar surface area (TPSA) is 16.1 Å². The summed E-state index contributed by atoms with van der Waals surface area (Å²) in [6.07, 6.45) is 4.11. The summed E-state index contributed by atoms with van der Waals surface area (Å²) >= 11 is 3.89. The van der Waals surface area contributed by atoms with Gasteiger partial charge < -0.3 is 0 Å². The van der Waals surface area contributed by atoms with Crippen LogP contribution in [0.3, 0.4) is 0 Å². The van der Waals surface area contributed by atoms with Crippen molar-refractivity contribution in [2.75, 3.05) is 12.8 Å². The zero-order chi connectivity index (χ0) is 12.3. The van der Waals surface area contributed by atoms with Gasteiger partial charge in [0.25, 0.3) is 0 Å². The van der Waals surface area contributed by atoms with Crippen LogP contribution in [0.2, 0.25) is 0 Å². The van der Waals surface area contributed by atoms with Gasteiger partial charge in [-0.15, -0.1) is 11.3 Å². The van der Waals surface area contributed by atoms with Gasteiger partial charge in [0.1, 0.15) is 0 Å². The highest BCUT2D eigenvalue weighted by Crippen LogP contribution is 2.32. The second-order valence-electron chi connectivity index (χ2n) is 4.82. The fourth-order valence-corrected chi connectivity index (χ4v) is 4.31. The minimum atomic E-state index is 0.765. The van der Waals surface area contributed by atoms with E-state index in [1.807, 2.05) is 0 Å². The predicted octanol–water partition coefficient (Wildman–Crippen LogP) is 3.56. The number of aryl methyl sites for hydroxylation is 1. The third-order valence-corrected chi connectivity index (χ3v) is 5.52. The molecule has 1 aromatic heterocycles. The summed E-state index contributed by atoms with van der Waals surface area (Å²) in [6.45, 7) is 5.36. The van der Waals surface area contributed by atoms with Crippen LogP contribution in [0, 0.1) is 6.92 Å². The Balaban J connectivity index is 1.82. The largest absolute Gasteiger partial charge is 0.298 e. The summed E-state index contributed by atoms with van der Waals surface area (Å²) in [7, 11) is 2.25. The monoisotopic (exact) mass is 270 g/mol. The Hall–Kier alpha value is -0.0600. The molecule has 1 saturated carbocycles. The van der Waals surface area contributed by atoms with Gasteiger partial charge in [0, 0.05) is 23.2 Å². The van der Waals surface area contributed by atoms with E-state index in [9.17, 15) is 0 Å². The van der Waals surface area contributed by atoms with Crippen molar-refractivity contribution < 1.29 is 0 Å². The van der Waals surface area contributed by atoms with Crippen molar-refractivity contribution in [1.29, 1.82) is 0 Å². The van der Waals surface area contributed by atoms with Gasteiger partial charge >= 0.3 is 0 Å². The number of thiazole rings is 1. The second-order valence-corrected chi connectivity index (χ2v) is 7.46. The molecule has 1 fully saturated rings. The van der Waals surface area contributed by atoms with E-state index in [2.05, 4.69) is 47.9 Å². The maximum absolute atomic E-state index is 4.55. The summed E-state index contributed by atoms with van der Waals surface area (Å²) < 4.78 is 0. The van der Waals surface area contributed by atoms with E-state index in [-0.39, 0.29) is 0 Å². The summed E-state index contributed by atoms with van der Waals surface area (Å²) in [5, 5.41) is 4.27. The molecule has 96 valence electrons. The Morgan fingerprint density at radius 1 is 1.53 bits per heavy atom. The molecule has 0 saturated heterocycles. The fourth-order valence-electron chi connectivity index (χ4n) is 2.57. The molecule has 0 radical (unpaired) electrons. The molecule has 0 unspecified atom stereocenters. The van der Waals surface area contributed by atoms with Crippen LogP contribution in [0.15, 0.2) is 5.38 Å². The van der Waals surface area contributed by atoms with Crippen LogP contribution < -0.4 is 0 Å². The van der Waals surface area contributed by atoms with Crippen LogP contribution in [0.5, 0.6) is 0 Å². The van der Waals surface area contributed by atoms with Crippen molar-refractivity contribution in [3.05, 3.63) is 16.1 Å². The van der Waals surface area contributed by atoms with Crippen LogP contribution >= 0.6 is 23.1 Å². The van der Waals surface area contributed by atoms with Crippen LogP contribution in [0.1, 0.15) is 36.9 Å². The zero-order valence-electron chi connectivity index (χ0n) is 11.0. The van der Waals surface area contributed by atoms with E-state index >= 15 is 0 Å². The van der Waals surface area contributed by atoms with Crippen molar-refractivity contribution in [3.8, 4) is 0 Å². The molecule has 2 nitrogen and oxygen atoms in total. The molecule has 1 heterocycles. The highest BCUT2D eigenvalue weighted by molar-refractivity contribution is 7.99. The Bertz CT molecular complexity index is 351. The molecule has 0 aliphatic heterocycles. The molecule has 2 atom stereocenters. The van der Waals surface area contributed by atoms with Gasteiger partial charge in [-0.3, -0.25) is 4.90 Å². The molecule has 1 aliphatic carbocycles. The van der Waals surface area contributed by atoms with Crippen LogP contribution in [-0.2, 0) is 6.54 Å². The first-order valence-corrected chi connectivity index (χ1v) is 8.34.